The predicted molar refractivity (Wildman–Crippen MR) is 94.1 cm³/mol. The number of alkyl carbamates (subject to hydrolysis) is 1. The van der Waals surface area contributed by atoms with Crippen molar-refractivity contribution in [3.63, 3.8) is 0 Å². The van der Waals surface area contributed by atoms with Crippen molar-refractivity contribution in [2.24, 2.45) is 18.7 Å². The number of halogens is 1. The van der Waals surface area contributed by atoms with Crippen LogP contribution in [-0.2, 0) is 21.3 Å². The number of nitrogens with zero attached hydrogens (tertiary/aromatic N) is 4. The topological polar surface area (TPSA) is 134 Å². The number of cyclic esters (lactones) is 1. The molecule has 0 radical (unpaired) electrons. The molecule has 1 aromatic carbocycles. The maximum absolute atomic E-state index is 14.6. The van der Waals surface area contributed by atoms with E-state index >= 15 is 0 Å². The van der Waals surface area contributed by atoms with Gasteiger partial charge in [0.25, 0.3) is 0 Å². The van der Waals surface area contributed by atoms with E-state index in [1.165, 1.54) is 16.9 Å². The number of amides is 1. The molecule has 150 valence electrons. The van der Waals surface area contributed by atoms with E-state index in [0.717, 1.165) is 0 Å². The normalized spacial score (nSPS) is 20.0. The van der Waals surface area contributed by atoms with Gasteiger partial charge in [0.15, 0.2) is 6.10 Å². The highest BCUT2D eigenvalue weighted by Crippen LogP contribution is 2.33. The van der Waals surface area contributed by atoms with E-state index in [-0.39, 0.29) is 23.9 Å². The summed E-state index contributed by atoms with van der Waals surface area (Å²) in [6, 6.07) is 2.79. The summed E-state index contributed by atoms with van der Waals surface area (Å²) >= 11 is 0. The lowest BCUT2D eigenvalue weighted by atomic mass is 9.96. The molecule has 11 heteroatoms. The van der Waals surface area contributed by atoms with Gasteiger partial charge in [-0.25, -0.2) is 9.18 Å². The summed E-state index contributed by atoms with van der Waals surface area (Å²) < 4.78 is 25.0. The van der Waals surface area contributed by atoms with Gasteiger partial charge in [-0.3, -0.25) is 4.79 Å². The highest BCUT2D eigenvalue weighted by atomic mass is 19.1. The molecule has 2 aromatic rings. The predicted octanol–water partition coefficient (Wildman–Crippen LogP) is 0.692. The Balaban J connectivity index is 1.86. The van der Waals surface area contributed by atoms with E-state index in [9.17, 15) is 14.0 Å². The molecule has 1 aliphatic heterocycles. The van der Waals surface area contributed by atoms with Crippen molar-refractivity contribution in [2.45, 2.75) is 32.0 Å². The molecule has 3 rings (SSSR count). The van der Waals surface area contributed by atoms with Crippen molar-refractivity contribution in [2.75, 3.05) is 6.61 Å². The third-order valence-electron chi connectivity index (χ3n) is 4.40. The Morgan fingerprint density at radius 2 is 2.21 bits per heavy atom. The number of carbonyl (C=O) groups excluding carboxylic acids is 2. The number of nitrogens with two attached hydrogens (primary N) is 1. The quantitative estimate of drug-likeness (QED) is 0.686. The van der Waals surface area contributed by atoms with Crippen LogP contribution in [0.25, 0.3) is 11.4 Å². The number of ether oxygens (including phenoxy) is 2. The van der Waals surface area contributed by atoms with Crippen LogP contribution in [0.1, 0.15) is 25.5 Å². The zero-order valence-electron chi connectivity index (χ0n) is 15.6. The first-order chi connectivity index (χ1) is 13.3. The van der Waals surface area contributed by atoms with E-state index in [1.54, 1.807) is 27.0 Å². The first-order valence-corrected chi connectivity index (χ1v) is 8.70. The van der Waals surface area contributed by atoms with Gasteiger partial charge in [-0.2, -0.15) is 4.80 Å². The molecule has 28 heavy (non-hydrogen) atoms. The van der Waals surface area contributed by atoms with Gasteiger partial charge >= 0.3 is 12.1 Å². The van der Waals surface area contributed by atoms with E-state index in [0.29, 0.717) is 5.56 Å². The molecule has 10 nitrogen and oxygen atoms in total. The van der Waals surface area contributed by atoms with Crippen molar-refractivity contribution in [1.82, 2.24) is 25.5 Å². The smallest absolute Gasteiger partial charge is 0.408 e. The molecule has 1 amide bonds. The molecule has 1 aromatic heterocycles. The summed E-state index contributed by atoms with van der Waals surface area (Å²) in [6.07, 6.45) is -1.57. The number of esters is 1. The molecular formula is C17H21FN6O4. The van der Waals surface area contributed by atoms with Gasteiger partial charge in [0.1, 0.15) is 18.5 Å². The number of hydrogen-bond acceptors (Lipinski definition) is 8. The summed E-state index contributed by atoms with van der Waals surface area (Å²) in [5, 5.41) is 14.2. The zero-order valence-corrected chi connectivity index (χ0v) is 15.6. The van der Waals surface area contributed by atoms with Crippen LogP contribution >= 0.6 is 0 Å². The zero-order chi connectivity index (χ0) is 20.4. The minimum Gasteiger partial charge on any atom is -0.460 e. The summed E-state index contributed by atoms with van der Waals surface area (Å²) in [7, 11) is 1.55. The molecule has 0 spiro atoms. The summed E-state index contributed by atoms with van der Waals surface area (Å²) in [4.78, 5) is 25.0. The van der Waals surface area contributed by atoms with Gasteiger partial charge in [0.05, 0.1) is 18.7 Å². The van der Waals surface area contributed by atoms with E-state index in [4.69, 9.17) is 15.2 Å². The van der Waals surface area contributed by atoms with Crippen molar-refractivity contribution in [3.8, 4) is 11.4 Å². The highest BCUT2D eigenvalue weighted by molar-refractivity contribution is 5.76. The SMILES string of the molecule is CC(C)[C@H](N)C(=O)OCC1OC(=O)NC1c1cccc(F)c1-c1nnn(C)n1. The van der Waals surface area contributed by atoms with E-state index in [1.807, 2.05) is 0 Å². The molecule has 1 saturated heterocycles. The fourth-order valence-electron chi connectivity index (χ4n) is 2.82. The van der Waals surface area contributed by atoms with E-state index < -0.39 is 36.1 Å². The van der Waals surface area contributed by atoms with Gasteiger partial charge in [0, 0.05) is 0 Å². The van der Waals surface area contributed by atoms with Crippen molar-refractivity contribution < 1.29 is 23.5 Å². The maximum Gasteiger partial charge on any atom is 0.408 e. The first kappa shape index (κ1) is 19.7. The third kappa shape index (κ3) is 3.93. The van der Waals surface area contributed by atoms with Gasteiger partial charge in [-0.05, 0) is 22.8 Å². The number of rotatable bonds is 6. The number of aromatic nitrogens is 4. The second-order valence-corrected chi connectivity index (χ2v) is 6.77. The minimum absolute atomic E-state index is 0.0642. The molecule has 1 fully saturated rings. The molecule has 3 N–H and O–H groups in total. The number of hydrogen-bond donors (Lipinski definition) is 2. The van der Waals surface area contributed by atoms with Crippen LogP contribution in [0, 0.1) is 11.7 Å². The van der Waals surface area contributed by atoms with Crippen molar-refractivity contribution in [1.29, 1.82) is 0 Å². The van der Waals surface area contributed by atoms with Gasteiger partial charge in [0.2, 0.25) is 5.82 Å². The van der Waals surface area contributed by atoms with Crippen LogP contribution < -0.4 is 11.1 Å². The lowest BCUT2D eigenvalue weighted by Gasteiger charge is -2.21. The Morgan fingerprint density at radius 1 is 1.46 bits per heavy atom. The third-order valence-corrected chi connectivity index (χ3v) is 4.40. The van der Waals surface area contributed by atoms with Crippen molar-refractivity contribution >= 4 is 12.1 Å². The van der Waals surface area contributed by atoms with Crippen LogP contribution in [0.2, 0.25) is 0 Å². The lowest BCUT2D eigenvalue weighted by Crippen LogP contribution is -2.39. The fourth-order valence-corrected chi connectivity index (χ4v) is 2.82. The molecule has 1 aliphatic rings. The number of nitrogens with one attached hydrogen (secondary N) is 1. The highest BCUT2D eigenvalue weighted by Gasteiger charge is 2.39. The minimum atomic E-state index is -0.868. The monoisotopic (exact) mass is 392 g/mol. The van der Waals surface area contributed by atoms with Crippen molar-refractivity contribution in [3.05, 3.63) is 29.6 Å². The lowest BCUT2D eigenvalue weighted by molar-refractivity contribution is -0.149. The van der Waals surface area contributed by atoms with Crippen LogP contribution in [0.5, 0.6) is 0 Å². The second kappa shape index (κ2) is 7.89. The Hall–Kier alpha value is -3.08. The average Bonchev–Trinajstić information content (AvgIpc) is 3.23. The number of tetrazole rings is 1. The standard InChI is InChI=1S/C17H21FN6O4/c1-8(2)13(19)16(25)27-7-11-14(20-17(26)28-11)9-5-4-6-10(18)12(9)15-21-23-24(3)22-15/h4-6,8,11,13-14H,7,19H2,1-3H3,(H,20,26)/t11?,13-,14?/m0/s1. The Morgan fingerprint density at radius 3 is 2.86 bits per heavy atom. The molecule has 3 atom stereocenters. The Bertz CT molecular complexity index is 886. The largest absolute Gasteiger partial charge is 0.460 e. The van der Waals surface area contributed by atoms with Crippen LogP contribution in [-0.4, -0.2) is 51.0 Å². The Labute approximate surface area is 160 Å². The average molecular weight is 392 g/mol. The molecule has 0 saturated carbocycles. The summed E-state index contributed by atoms with van der Waals surface area (Å²) in [5.41, 5.74) is 6.23. The van der Waals surface area contributed by atoms with Crippen LogP contribution in [0.4, 0.5) is 9.18 Å². The molecular weight excluding hydrogens is 371 g/mol. The molecule has 2 unspecified atom stereocenters. The van der Waals surface area contributed by atoms with Crippen LogP contribution in [0.15, 0.2) is 18.2 Å². The second-order valence-electron chi connectivity index (χ2n) is 6.77. The van der Waals surface area contributed by atoms with E-state index in [2.05, 4.69) is 20.7 Å². The number of carbonyl (C=O) groups is 2. The Kier molecular flexibility index (Phi) is 5.54. The van der Waals surface area contributed by atoms with Crippen LogP contribution in [0.3, 0.4) is 0 Å². The molecule has 2 heterocycles. The van der Waals surface area contributed by atoms with Gasteiger partial charge in [-0.1, -0.05) is 26.0 Å². The molecule has 0 bridgehead atoms. The van der Waals surface area contributed by atoms with Gasteiger partial charge in [-0.15, -0.1) is 10.2 Å². The first-order valence-electron chi connectivity index (χ1n) is 8.70. The number of aryl methyl sites for hydroxylation is 1. The van der Waals surface area contributed by atoms with Gasteiger partial charge < -0.3 is 20.5 Å². The fraction of sp³-hybridized carbons (Fsp3) is 0.471. The summed E-state index contributed by atoms with van der Waals surface area (Å²) in [6.45, 7) is 3.35. The maximum atomic E-state index is 14.6. The summed E-state index contributed by atoms with van der Waals surface area (Å²) in [5.74, 6) is -1.23. The number of benzene rings is 1. The molecule has 0 aliphatic carbocycles.